The van der Waals surface area contributed by atoms with Crippen LogP contribution >= 0.6 is 0 Å². The minimum atomic E-state index is -1.58. The van der Waals surface area contributed by atoms with Gasteiger partial charge in [0.05, 0.1) is 32.0 Å². The van der Waals surface area contributed by atoms with Gasteiger partial charge in [0.15, 0.2) is 6.29 Å². The Morgan fingerprint density at radius 3 is 1.53 bits per heavy atom. The monoisotopic (exact) mass is 908 g/mol. The lowest BCUT2D eigenvalue weighted by atomic mass is 9.99. The number of aliphatic hydroxyl groups is 5. The number of aliphatic hydroxyl groups excluding tert-OH is 5. The molecule has 7 atom stereocenters. The van der Waals surface area contributed by atoms with Crippen LogP contribution in [0.1, 0.15) is 226 Å². The van der Waals surface area contributed by atoms with E-state index >= 15 is 0 Å². The van der Waals surface area contributed by atoms with Crippen LogP contribution in [0.4, 0.5) is 0 Å². The van der Waals surface area contributed by atoms with Gasteiger partial charge in [0.2, 0.25) is 5.91 Å². The van der Waals surface area contributed by atoms with Crippen molar-refractivity contribution >= 4 is 11.9 Å². The highest BCUT2D eigenvalue weighted by Crippen LogP contribution is 2.23. The molecule has 0 aromatic rings. The molecule has 0 spiro atoms. The topological polar surface area (TPSA) is 175 Å². The van der Waals surface area contributed by atoms with Gasteiger partial charge in [-0.2, -0.15) is 0 Å². The van der Waals surface area contributed by atoms with Gasteiger partial charge >= 0.3 is 5.97 Å². The molecule has 0 aromatic carbocycles. The molecule has 1 aliphatic heterocycles. The SMILES string of the molecule is CCCC/C=C/CC/C=C/CC/C=C/C(O)C(COC1OC(CO)C(O)C(O)C1O)NC(=O)CCCCCCCCCCCCCCCOC(=O)CCCCCCCCCCCCC. The summed E-state index contributed by atoms with van der Waals surface area (Å²) in [6, 6.07) is -0.843. The van der Waals surface area contributed by atoms with Gasteiger partial charge in [-0.15, -0.1) is 0 Å². The van der Waals surface area contributed by atoms with Crippen molar-refractivity contribution in [3.63, 3.8) is 0 Å². The summed E-state index contributed by atoms with van der Waals surface area (Å²) in [4.78, 5) is 25.0. The minimum absolute atomic E-state index is 0.0303. The Bertz CT molecular complexity index is 1160. The van der Waals surface area contributed by atoms with Gasteiger partial charge in [-0.05, 0) is 51.4 Å². The molecule has 0 aromatic heterocycles. The van der Waals surface area contributed by atoms with Crippen molar-refractivity contribution in [1.29, 1.82) is 0 Å². The third-order valence-electron chi connectivity index (χ3n) is 12.2. The molecular formula is C53H97NO10. The van der Waals surface area contributed by atoms with E-state index in [9.17, 15) is 35.1 Å². The molecule has 7 unspecified atom stereocenters. The van der Waals surface area contributed by atoms with Crippen LogP contribution in [0.25, 0.3) is 0 Å². The quantitative estimate of drug-likeness (QED) is 0.0196. The highest BCUT2D eigenvalue weighted by Gasteiger charge is 2.44. The fraction of sp³-hybridized carbons (Fsp3) is 0.849. The molecule has 0 radical (unpaired) electrons. The largest absolute Gasteiger partial charge is 0.466 e. The first-order valence-electron chi connectivity index (χ1n) is 26.3. The summed E-state index contributed by atoms with van der Waals surface area (Å²) in [5.41, 5.74) is 0. The van der Waals surface area contributed by atoms with Gasteiger partial charge in [0.25, 0.3) is 0 Å². The van der Waals surface area contributed by atoms with Crippen LogP contribution in [0, 0.1) is 0 Å². The third-order valence-corrected chi connectivity index (χ3v) is 12.2. The third kappa shape index (κ3) is 33.4. The number of hydrogen-bond acceptors (Lipinski definition) is 10. The van der Waals surface area contributed by atoms with Crippen molar-refractivity contribution in [2.75, 3.05) is 19.8 Å². The van der Waals surface area contributed by atoms with Crippen LogP contribution in [0.15, 0.2) is 36.5 Å². The van der Waals surface area contributed by atoms with E-state index in [0.29, 0.717) is 19.4 Å². The van der Waals surface area contributed by atoms with Crippen molar-refractivity contribution < 1.29 is 49.3 Å². The van der Waals surface area contributed by atoms with Crippen LogP contribution in [0.2, 0.25) is 0 Å². The molecule has 1 rings (SSSR count). The van der Waals surface area contributed by atoms with Gasteiger partial charge < -0.3 is 45.1 Å². The Morgan fingerprint density at radius 1 is 0.562 bits per heavy atom. The Hall–Kier alpha value is -2.12. The molecule has 11 heteroatoms. The second-order valence-electron chi connectivity index (χ2n) is 18.2. The number of nitrogens with one attached hydrogen (secondary N) is 1. The summed E-state index contributed by atoms with van der Waals surface area (Å²) in [7, 11) is 0. The fourth-order valence-corrected chi connectivity index (χ4v) is 7.98. The highest BCUT2D eigenvalue weighted by atomic mass is 16.7. The predicted molar refractivity (Wildman–Crippen MR) is 260 cm³/mol. The lowest BCUT2D eigenvalue weighted by Crippen LogP contribution is -2.60. The molecule has 1 aliphatic rings. The van der Waals surface area contributed by atoms with Crippen LogP contribution in [0.3, 0.4) is 0 Å². The van der Waals surface area contributed by atoms with E-state index in [4.69, 9.17) is 14.2 Å². The summed E-state index contributed by atoms with van der Waals surface area (Å²) >= 11 is 0. The van der Waals surface area contributed by atoms with Crippen molar-refractivity contribution in [2.24, 2.45) is 0 Å². The van der Waals surface area contributed by atoms with E-state index in [0.717, 1.165) is 83.5 Å². The average Bonchev–Trinajstić information content (AvgIpc) is 3.29. The number of unbranched alkanes of at least 4 members (excludes halogenated alkanes) is 26. The summed E-state index contributed by atoms with van der Waals surface area (Å²) in [5.74, 6) is -0.241. The Kier molecular flexibility index (Phi) is 40.7. The van der Waals surface area contributed by atoms with Gasteiger partial charge in [0.1, 0.15) is 24.4 Å². The average molecular weight is 908 g/mol. The van der Waals surface area contributed by atoms with Crippen molar-refractivity contribution in [3.8, 4) is 0 Å². The van der Waals surface area contributed by atoms with E-state index in [1.165, 1.54) is 116 Å². The van der Waals surface area contributed by atoms with E-state index in [-0.39, 0.29) is 18.5 Å². The fourth-order valence-electron chi connectivity index (χ4n) is 7.98. The molecule has 11 nitrogen and oxygen atoms in total. The van der Waals surface area contributed by atoms with Crippen LogP contribution < -0.4 is 5.32 Å². The molecule has 64 heavy (non-hydrogen) atoms. The van der Waals surface area contributed by atoms with Crippen LogP contribution in [0.5, 0.6) is 0 Å². The number of hydrogen-bond donors (Lipinski definition) is 6. The van der Waals surface area contributed by atoms with Gasteiger partial charge in [0, 0.05) is 12.8 Å². The van der Waals surface area contributed by atoms with Crippen molar-refractivity contribution in [3.05, 3.63) is 36.5 Å². The zero-order valence-electron chi connectivity index (χ0n) is 40.7. The maximum absolute atomic E-state index is 13.0. The number of rotatable bonds is 44. The molecule has 374 valence electrons. The molecule has 6 N–H and O–H groups in total. The molecule has 0 aliphatic carbocycles. The Morgan fingerprint density at radius 2 is 1.02 bits per heavy atom. The molecule has 0 bridgehead atoms. The summed E-state index contributed by atoms with van der Waals surface area (Å²) in [6.45, 7) is 4.21. The lowest BCUT2D eigenvalue weighted by molar-refractivity contribution is -0.302. The lowest BCUT2D eigenvalue weighted by Gasteiger charge is -2.40. The second kappa shape index (κ2) is 43.5. The van der Waals surface area contributed by atoms with Crippen LogP contribution in [-0.4, -0.2) is 100 Å². The van der Waals surface area contributed by atoms with Gasteiger partial charge in [-0.25, -0.2) is 0 Å². The standard InChI is InChI=1S/C53H97NO10/c1-3-5-7-9-11-13-15-20-23-27-31-35-39-46(56)45(44-63-53-52(61)51(60)50(59)47(43-55)64-53)54-48(57)40-36-32-28-24-21-17-16-18-22-26-30-34-38-42-62-49(58)41-37-33-29-25-19-14-12-10-8-6-4-2/h9,11,20,23,35,39,45-47,50-53,55-56,59-61H,3-8,10,12-19,21-22,24-34,36-38,40-44H2,1-2H3,(H,54,57)/b11-9+,23-20+,39-35+. The first-order valence-corrected chi connectivity index (χ1v) is 26.3. The normalized spacial score (nSPS) is 20.1. The number of carbonyl (C=O) groups excluding carboxylic acids is 2. The van der Waals surface area contributed by atoms with E-state index in [1.54, 1.807) is 6.08 Å². The molecular weight excluding hydrogens is 811 g/mol. The minimum Gasteiger partial charge on any atom is -0.466 e. The summed E-state index contributed by atoms with van der Waals surface area (Å²) < 4.78 is 16.6. The second-order valence-corrected chi connectivity index (χ2v) is 18.2. The van der Waals surface area contributed by atoms with E-state index in [1.807, 2.05) is 6.08 Å². The first kappa shape index (κ1) is 59.9. The summed E-state index contributed by atoms with van der Waals surface area (Å²) in [6.07, 6.45) is 40.7. The zero-order chi connectivity index (χ0) is 46.7. The zero-order valence-corrected chi connectivity index (χ0v) is 40.7. The number of amides is 1. The molecule has 1 amide bonds. The Labute approximate surface area is 390 Å². The first-order chi connectivity index (χ1) is 31.2. The predicted octanol–water partition coefficient (Wildman–Crippen LogP) is 10.8. The highest BCUT2D eigenvalue weighted by molar-refractivity contribution is 5.76. The molecule has 1 saturated heterocycles. The van der Waals surface area contributed by atoms with E-state index in [2.05, 4.69) is 43.5 Å². The van der Waals surface area contributed by atoms with Crippen molar-refractivity contribution in [2.45, 2.75) is 269 Å². The van der Waals surface area contributed by atoms with Crippen LogP contribution in [-0.2, 0) is 23.8 Å². The van der Waals surface area contributed by atoms with E-state index < -0.39 is 49.5 Å². The maximum atomic E-state index is 13.0. The number of allylic oxidation sites excluding steroid dienone is 5. The van der Waals surface area contributed by atoms with Gasteiger partial charge in [-0.1, -0.05) is 198 Å². The molecule has 0 saturated carbocycles. The Balaban J connectivity index is 2.19. The smallest absolute Gasteiger partial charge is 0.305 e. The maximum Gasteiger partial charge on any atom is 0.305 e. The number of ether oxygens (including phenoxy) is 3. The number of esters is 1. The van der Waals surface area contributed by atoms with Crippen molar-refractivity contribution in [1.82, 2.24) is 5.32 Å². The molecule has 1 fully saturated rings. The molecule has 1 heterocycles. The van der Waals surface area contributed by atoms with Gasteiger partial charge in [-0.3, -0.25) is 9.59 Å². The number of carbonyl (C=O) groups is 2. The summed E-state index contributed by atoms with van der Waals surface area (Å²) in [5, 5.41) is 54.2.